The summed E-state index contributed by atoms with van der Waals surface area (Å²) in [6.07, 6.45) is 6.78. The van der Waals surface area contributed by atoms with Crippen LogP contribution in [-0.4, -0.2) is 32.6 Å². The molecule has 30 heavy (non-hydrogen) atoms. The number of anilines is 1. The molecule has 0 bridgehead atoms. The molecule has 2 aromatic heterocycles. The second-order valence-electron chi connectivity index (χ2n) is 9.30. The Balaban J connectivity index is 1.51. The van der Waals surface area contributed by atoms with Crippen molar-refractivity contribution in [3.05, 3.63) is 30.0 Å². The Morgan fingerprint density at radius 3 is 2.80 bits per heavy atom. The minimum Gasteiger partial charge on any atom is -0.354 e. The Morgan fingerprint density at radius 1 is 1.23 bits per heavy atom. The summed E-state index contributed by atoms with van der Waals surface area (Å²) in [5.41, 5.74) is 2.25. The third kappa shape index (κ3) is 4.22. The van der Waals surface area contributed by atoms with Gasteiger partial charge >= 0.3 is 0 Å². The van der Waals surface area contributed by atoms with Gasteiger partial charge in [-0.25, -0.2) is 9.37 Å². The average molecular weight is 413 g/mol. The van der Waals surface area contributed by atoms with Crippen LogP contribution in [-0.2, 0) is 22.6 Å². The van der Waals surface area contributed by atoms with Crippen LogP contribution in [0.4, 0.5) is 10.2 Å². The number of halogens is 1. The highest BCUT2D eigenvalue weighted by Gasteiger charge is 2.32. The van der Waals surface area contributed by atoms with E-state index in [1.54, 1.807) is 12.3 Å². The van der Waals surface area contributed by atoms with Crippen LogP contribution in [0.5, 0.6) is 0 Å². The van der Waals surface area contributed by atoms with Gasteiger partial charge in [0.2, 0.25) is 11.8 Å². The monoisotopic (exact) mass is 413 g/mol. The fourth-order valence-corrected chi connectivity index (χ4v) is 4.66. The summed E-state index contributed by atoms with van der Waals surface area (Å²) in [6.45, 7) is 6.62. The lowest BCUT2D eigenvalue weighted by Gasteiger charge is -2.28. The first-order valence-electron chi connectivity index (χ1n) is 10.5. The predicted molar refractivity (Wildman–Crippen MR) is 111 cm³/mol. The summed E-state index contributed by atoms with van der Waals surface area (Å²) < 4.78 is 16.5. The molecule has 0 saturated heterocycles. The molecule has 1 fully saturated rings. The maximum atomic E-state index is 14.6. The fourth-order valence-electron chi connectivity index (χ4n) is 4.66. The van der Waals surface area contributed by atoms with Gasteiger partial charge in [-0.2, -0.15) is 5.10 Å². The van der Waals surface area contributed by atoms with Gasteiger partial charge in [0.05, 0.1) is 12.4 Å². The van der Waals surface area contributed by atoms with Crippen molar-refractivity contribution in [2.24, 2.45) is 11.3 Å². The number of nitrogens with one attached hydrogen (secondary N) is 2. The Labute approximate surface area is 175 Å². The zero-order chi connectivity index (χ0) is 21.5. The zero-order valence-corrected chi connectivity index (χ0v) is 17.7. The normalized spacial score (nSPS) is 22.4. The van der Waals surface area contributed by atoms with Crippen molar-refractivity contribution in [2.45, 2.75) is 65.5 Å². The second kappa shape index (κ2) is 7.81. The first kappa shape index (κ1) is 20.5. The number of fused-ring (bicyclic) bond motifs is 1. The van der Waals surface area contributed by atoms with Gasteiger partial charge in [0, 0.05) is 42.2 Å². The van der Waals surface area contributed by atoms with Gasteiger partial charge in [-0.15, -0.1) is 0 Å². The van der Waals surface area contributed by atoms with Gasteiger partial charge in [-0.05, 0) is 37.2 Å². The Hall–Kier alpha value is -2.77. The third-order valence-corrected chi connectivity index (χ3v) is 6.02. The molecule has 2 unspecified atom stereocenters. The molecule has 0 radical (unpaired) electrons. The van der Waals surface area contributed by atoms with Gasteiger partial charge in [0.1, 0.15) is 11.6 Å². The van der Waals surface area contributed by atoms with Crippen molar-refractivity contribution in [3.8, 4) is 11.1 Å². The van der Waals surface area contributed by atoms with Crippen LogP contribution in [0.2, 0.25) is 0 Å². The quantitative estimate of drug-likeness (QED) is 0.805. The van der Waals surface area contributed by atoms with E-state index in [1.807, 2.05) is 4.68 Å². The molecule has 2 atom stereocenters. The van der Waals surface area contributed by atoms with Crippen LogP contribution < -0.4 is 10.6 Å². The van der Waals surface area contributed by atoms with Gasteiger partial charge < -0.3 is 10.6 Å². The van der Waals surface area contributed by atoms with E-state index < -0.39 is 5.82 Å². The van der Waals surface area contributed by atoms with Gasteiger partial charge in [-0.3, -0.25) is 14.3 Å². The van der Waals surface area contributed by atoms with E-state index in [-0.39, 0.29) is 29.2 Å². The largest absolute Gasteiger partial charge is 0.354 e. The summed E-state index contributed by atoms with van der Waals surface area (Å²) in [5.74, 6) is -0.529. The lowest BCUT2D eigenvalue weighted by Crippen LogP contribution is -2.40. The molecule has 2 aromatic rings. The molecule has 2 N–H and O–H groups in total. The molecule has 8 heteroatoms. The Kier molecular flexibility index (Phi) is 5.34. The van der Waals surface area contributed by atoms with Crippen LogP contribution in [0.25, 0.3) is 11.1 Å². The van der Waals surface area contributed by atoms with Crippen LogP contribution in [0.3, 0.4) is 0 Å². The maximum Gasteiger partial charge on any atom is 0.228 e. The molecular weight excluding hydrogens is 385 g/mol. The summed E-state index contributed by atoms with van der Waals surface area (Å²) in [5, 5.41) is 10.2. The van der Waals surface area contributed by atoms with E-state index in [0.717, 1.165) is 49.7 Å². The molecule has 2 amide bonds. The molecule has 0 spiro atoms. The average Bonchev–Trinajstić information content (AvgIpc) is 3.18. The molecular formula is C22H28FN5O2. The summed E-state index contributed by atoms with van der Waals surface area (Å²) >= 11 is 0. The minimum atomic E-state index is -0.433. The Morgan fingerprint density at radius 2 is 2.03 bits per heavy atom. The van der Waals surface area contributed by atoms with Crippen LogP contribution >= 0.6 is 0 Å². The van der Waals surface area contributed by atoms with Gasteiger partial charge in [0.15, 0.2) is 0 Å². The van der Waals surface area contributed by atoms with Crippen LogP contribution in [0.1, 0.15) is 52.1 Å². The van der Waals surface area contributed by atoms with Gasteiger partial charge in [-0.1, -0.05) is 20.3 Å². The number of hydrogen-bond donors (Lipinski definition) is 2. The number of pyridine rings is 1. The predicted octanol–water partition coefficient (Wildman–Crippen LogP) is 3.30. The van der Waals surface area contributed by atoms with Crippen molar-refractivity contribution in [1.82, 2.24) is 20.1 Å². The van der Waals surface area contributed by atoms with Crippen molar-refractivity contribution in [3.63, 3.8) is 0 Å². The lowest BCUT2D eigenvalue weighted by molar-refractivity contribution is -0.123. The minimum absolute atomic E-state index is 0.0158. The standard InChI is InChI=1S/C22H28FN5O2/c1-13(29)26-15-6-4-5-14(7-15)21(30)27-20-8-16(18(23)11-24-20)17-10-25-28-12-22(2,3)9-19(17)28/h8,10-11,14-15H,4-7,9,12H2,1-3H3,(H,26,29)(H,24,27,30). The van der Waals surface area contributed by atoms with E-state index >= 15 is 0 Å². The number of nitrogens with zero attached hydrogens (tertiary/aromatic N) is 3. The first-order valence-corrected chi connectivity index (χ1v) is 10.5. The van der Waals surface area contributed by atoms with Crippen molar-refractivity contribution in [2.75, 3.05) is 5.32 Å². The maximum absolute atomic E-state index is 14.6. The molecule has 7 nitrogen and oxygen atoms in total. The molecule has 2 aliphatic rings. The summed E-state index contributed by atoms with van der Waals surface area (Å²) in [6, 6.07) is 1.60. The highest BCUT2D eigenvalue weighted by Crippen LogP contribution is 2.38. The topological polar surface area (TPSA) is 88.9 Å². The molecule has 1 aliphatic carbocycles. The second-order valence-corrected chi connectivity index (χ2v) is 9.30. The fraction of sp³-hybridized carbons (Fsp3) is 0.545. The summed E-state index contributed by atoms with van der Waals surface area (Å²) in [4.78, 5) is 28.2. The van der Waals surface area contributed by atoms with E-state index in [4.69, 9.17) is 0 Å². The number of carbonyl (C=O) groups is 2. The van der Waals surface area contributed by atoms with E-state index in [9.17, 15) is 14.0 Å². The smallest absolute Gasteiger partial charge is 0.228 e. The number of hydrogen-bond acceptors (Lipinski definition) is 4. The molecule has 3 heterocycles. The number of carbonyl (C=O) groups excluding carboxylic acids is 2. The highest BCUT2D eigenvalue weighted by molar-refractivity contribution is 5.92. The van der Waals surface area contributed by atoms with Crippen molar-refractivity contribution >= 4 is 17.6 Å². The summed E-state index contributed by atoms with van der Waals surface area (Å²) in [7, 11) is 0. The zero-order valence-electron chi connectivity index (χ0n) is 17.7. The Bertz CT molecular complexity index is 984. The van der Waals surface area contributed by atoms with Crippen LogP contribution in [0.15, 0.2) is 18.5 Å². The number of amides is 2. The van der Waals surface area contributed by atoms with E-state index in [0.29, 0.717) is 17.8 Å². The SMILES string of the molecule is CC(=O)NC1CCCC(C(=O)Nc2cc(-c3cnn4c3CC(C)(C)C4)c(F)cn2)C1. The molecule has 0 aromatic carbocycles. The molecule has 4 rings (SSSR count). The molecule has 1 aliphatic heterocycles. The number of rotatable bonds is 4. The molecule has 1 saturated carbocycles. The van der Waals surface area contributed by atoms with E-state index in [1.165, 1.54) is 6.92 Å². The lowest BCUT2D eigenvalue weighted by atomic mass is 9.85. The van der Waals surface area contributed by atoms with Crippen LogP contribution in [0, 0.1) is 17.2 Å². The first-order chi connectivity index (χ1) is 14.2. The molecule has 160 valence electrons. The highest BCUT2D eigenvalue weighted by atomic mass is 19.1. The third-order valence-electron chi connectivity index (χ3n) is 6.02. The van der Waals surface area contributed by atoms with Crippen molar-refractivity contribution < 1.29 is 14.0 Å². The number of aromatic nitrogens is 3. The van der Waals surface area contributed by atoms with Crippen molar-refractivity contribution in [1.29, 1.82) is 0 Å². The van der Waals surface area contributed by atoms with Gasteiger partial charge in [0.25, 0.3) is 0 Å². The van der Waals surface area contributed by atoms with E-state index in [2.05, 4.69) is 34.6 Å².